The fourth-order valence-corrected chi connectivity index (χ4v) is 6.11. The van der Waals surface area contributed by atoms with Crippen LogP contribution < -0.4 is 5.32 Å². The minimum Gasteiger partial charge on any atom is -0.344 e. The molecule has 5 nitrogen and oxygen atoms in total. The summed E-state index contributed by atoms with van der Waals surface area (Å²) in [5, 5.41) is 4.94. The Hall–Kier alpha value is -2.77. The summed E-state index contributed by atoms with van der Waals surface area (Å²) in [7, 11) is -3.88. The highest BCUT2D eigenvalue weighted by Gasteiger charge is 2.35. The Labute approximate surface area is 173 Å². The molecule has 4 rings (SSSR count). The number of thiophene rings is 1. The second-order valence-corrected chi connectivity index (χ2v) is 10.1. The van der Waals surface area contributed by atoms with Crippen molar-refractivity contribution in [2.45, 2.75) is 29.7 Å². The number of nitrogens with one attached hydrogen (secondary N) is 1. The topological polar surface area (TPSA) is 80.3 Å². The van der Waals surface area contributed by atoms with Gasteiger partial charge in [-0.15, -0.1) is 11.3 Å². The van der Waals surface area contributed by atoms with Crippen LogP contribution in [0.1, 0.15) is 51.0 Å². The van der Waals surface area contributed by atoms with Gasteiger partial charge in [-0.25, -0.2) is 8.42 Å². The Morgan fingerprint density at radius 2 is 1.69 bits per heavy atom. The van der Waals surface area contributed by atoms with E-state index in [0.29, 0.717) is 0 Å². The van der Waals surface area contributed by atoms with Gasteiger partial charge in [-0.05, 0) is 47.7 Å². The predicted molar refractivity (Wildman–Crippen MR) is 111 cm³/mol. The van der Waals surface area contributed by atoms with Gasteiger partial charge in [0.1, 0.15) is 0 Å². The molecule has 1 N–H and O–H groups in total. The molecule has 2 aromatic carbocycles. The maximum absolute atomic E-state index is 13.1. The first-order valence-corrected chi connectivity index (χ1v) is 11.5. The van der Waals surface area contributed by atoms with E-state index in [4.69, 9.17) is 0 Å². The Kier molecular flexibility index (Phi) is 4.88. The standard InChI is InChI=1S/C22H19NO4S2/c1-13(2)20(17-7-5-11-28-17)23-22(25)14-9-10-16-19(12-14)29(26,27)18-8-4-3-6-15(18)21(16)24/h3-13,20H,1-2H3,(H,23,25)/t20-/m0/s1. The number of carbonyl (C=O) groups is 2. The Bertz CT molecular complexity index is 1210. The molecule has 1 aromatic heterocycles. The molecule has 1 amide bonds. The number of hydrogen-bond donors (Lipinski definition) is 1. The van der Waals surface area contributed by atoms with Gasteiger partial charge in [-0.1, -0.05) is 32.0 Å². The summed E-state index contributed by atoms with van der Waals surface area (Å²) >= 11 is 1.56. The van der Waals surface area contributed by atoms with Crippen molar-refractivity contribution >= 4 is 32.9 Å². The zero-order chi connectivity index (χ0) is 20.8. The highest BCUT2D eigenvalue weighted by Crippen LogP contribution is 2.35. The molecule has 2 heterocycles. The highest BCUT2D eigenvalue weighted by molar-refractivity contribution is 7.91. The van der Waals surface area contributed by atoms with Gasteiger partial charge in [0.2, 0.25) is 9.84 Å². The van der Waals surface area contributed by atoms with Crippen LogP contribution in [0.2, 0.25) is 0 Å². The zero-order valence-electron chi connectivity index (χ0n) is 15.9. The maximum atomic E-state index is 13.1. The molecule has 29 heavy (non-hydrogen) atoms. The summed E-state index contributed by atoms with van der Waals surface area (Å²) in [5.74, 6) is -0.565. The molecule has 7 heteroatoms. The summed E-state index contributed by atoms with van der Waals surface area (Å²) in [6.45, 7) is 4.02. The van der Waals surface area contributed by atoms with Gasteiger partial charge >= 0.3 is 0 Å². The lowest BCUT2D eigenvalue weighted by Gasteiger charge is -2.22. The number of amides is 1. The summed E-state index contributed by atoms with van der Waals surface area (Å²) in [6, 6.07) is 14.1. The van der Waals surface area contributed by atoms with Gasteiger partial charge in [0, 0.05) is 21.6 Å². The van der Waals surface area contributed by atoms with Crippen molar-refractivity contribution in [3.8, 4) is 0 Å². The molecule has 0 aliphatic carbocycles. The van der Waals surface area contributed by atoms with Gasteiger partial charge < -0.3 is 5.32 Å². The average Bonchev–Trinajstić information content (AvgIpc) is 3.24. The monoisotopic (exact) mass is 425 g/mol. The first-order chi connectivity index (χ1) is 13.8. The number of carbonyl (C=O) groups excluding carboxylic acids is 2. The van der Waals surface area contributed by atoms with Crippen LogP contribution >= 0.6 is 11.3 Å². The number of sulfone groups is 1. The van der Waals surface area contributed by atoms with E-state index in [-0.39, 0.29) is 50.1 Å². The molecular weight excluding hydrogens is 406 g/mol. The molecule has 0 saturated heterocycles. The van der Waals surface area contributed by atoms with Crippen molar-refractivity contribution in [1.29, 1.82) is 0 Å². The van der Waals surface area contributed by atoms with Crippen molar-refractivity contribution in [2.24, 2.45) is 5.92 Å². The van der Waals surface area contributed by atoms with E-state index < -0.39 is 9.84 Å². The quantitative estimate of drug-likeness (QED) is 0.530. The molecule has 0 unspecified atom stereocenters. The lowest BCUT2D eigenvalue weighted by Crippen LogP contribution is -2.31. The Morgan fingerprint density at radius 3 is 2.38 bits per heavy atom. The zero-order valence-corrected chi connectivity index (χ0v) is 17.5. The predicted octanol–water partition coefficient (Wildman–Crippen LogP) is 4.25. The Morgan fingerprint density at radius 1 is 0.966 bits per heavy atom. The van der Waals surface area contributed by atoms with Crippen molar-refractivity contribution in [3.63, 3.8) is 0 Å². The van der Waals surface area contributed by atoms with Crippen LogP contribution in [-0.2, 0) is 9.84 Å². The SMILES string of the molecule is CC(C)[C@H](NC(=O)c1ccc2c(c1)S(=O)(=O)c1ccccc1C2=O)c1cccs1. The second kappa shape index (κ2) is 7.24. The molecule has 1 aliphatic rings. The molecule has 3 aromatic rings. The average molecular weight is 426 g/mol. The van der Waals surface area contributed by atoms with E-state index in [1.54, 1.807) is 23.5 Å². The normalized spacial score (nSPS) is 15.5. The van der Waals surface area contributed by atoms with Gasteiger partial charge in [0.25, 0.3) is 5.91 Å². The number of rotatable bonds is 4. The van der Waals surface area contributed by atoms with E-state index in [1.807, 2.05) is 31.4 Å². The summed E-state index contributed by atoms with van der Waals surface area (Å²) < 4.78 is 26.1. The van der Waals surface area contributed by atoms with Gasteiger partial charge in [-0.3, -0.25) is 9.59 Å². The van der Waals surface area contributed by atoms with E-state index in [2.05, 4.69) is 5.32 Å². The fourth-order valence-electron chi connectivity index (χ4n) is 3.48. The van der Waals surface area contributed by atoms with Crippen LogP contribution in [0.4, 0.5) is 0 Å². The van der Waals surface area contributed by atoms with Crippen LogP contribution in [0.3, 0.4) is 0 Å². The van der Waals surface area contributed by atoms with E-state index in [1.165, 1.54) is 30.3 Å². The summed E-state index contributed by atoms with van der Waals surface area (Å²) in [6.07, 6.45) is 0. The van der Waals surface area contributed by atoms with Crippen molar-refractivity contribution < 1.29 is 18.0 Å². The van der Waals surface area contributed by atoms with Gasteiger partial charge in [-0.2, -0.15) is 0 Å². The largest absolute Gasteiger partial charge is 0.344 e. The van der Waals surface area contributed by atoms with Crippen molar-refractivity contribution in [3.05, 3.63) is 81.5 Å². The third kappa shape index (κ3) is 3.30. The molecule has 0 saturated carbocycles. The third-order valence-electron chi connectivity index (χ3n) is 5.00. The van der Waals surface area contributed by atoms with Crippen LogP contribution in [0.15, 0.2) is 69.8 Å². The number of benzene rings is 2. The molecule has 1 aliphatic heterocycles. The maximum Gasteiger partial charge on any atom is 0.251 e. The van der Waals surface area contributed by atoms with Crippen LogP contribution in [0, 0.1) is 5.92 Å². The van der Waals surface area contributed by atoms with E-state index in [0.717, 1.165) is 4.88 Å². The van der Waals surface area contributed by atoms with Crippen LogP contribution in [0.25, 0.3) is 0 Å². The molecule has 1 atom stereocenters. The molecule has 0 radical (unpaired) electrons. The fraction of sp³-hybridized carbons (Fsp3) is 0.182. The summed E-state index contributed by atoms with van der Waals surface area (Å²) in [4.78, 5) is 26.5. The number of hydrogen-bond acceptors (Lipinski definition) is 5. The molecule has 0 bridgehead atoms. The third-order valence-corrected chi connectivity index (χ3v) is 7.81. The van der Waals surface area contributed by atoms with Crippen molar-refractivity contribution in [1.82, 2.24) is 5.32 Å². The first-order valence-electron chi connectivity index (χ1n) is 9.18. The Balaban J connectivity index is 1.72. The first kappa shape index (κ1) is 19.5. The second-order valence-electron chi connectivity index (χ2n) is 7.25. The highest BCUT2D eigenvalue weighted by atomic mass is 32.2. The molecule has 0 spiro atoms. The lowest BCUT2D eigenvalue weighted by atomic mass is 10.00. The molecular formula is C22H19NO4S2. The smallest absolute Gasteiger partial charge is 0.251 e. The van der Waals surface area contributed by atoms with Crippen LogP contribution in [0.5, 0.6) is 0 Å². The minimum absolute atomic E-state index is 0.0197. The van der Waals surface area contributed by atoms with Crippen LogP contribution in [-0.4, -0.2) is 20.1 Å². The number of ketones is 1. The molecule has 148 valence electrons. The van der Waals surface area contributed by atoms with Crippen molar-refractivity contribution in [2.75, 3.05) is 0 Å². The van der Waals surface area contributed by atoms with Gasteiger partial charge in [0.15, 0.2) is 5.78 Å². The lowest BCUT2D eigenvalue weighted by molar-refractivity contribution is 0.0925. The van der Waals surface area contributed by atoms with Gasteiger partial charge in [0.05, 0.1) is 15.8 Å². The van der Waals surface area contributed by atoms with E-state index in [9.17, 15) is 18.0 Å². The number of fused-ring (bicyclic) bond motifs is 2. The minimum atomic E-state index is -3.88. The van der Waals surface area contributed by atoms with E-state index >= 15 is 0 Å². The molecule has 0 fully saturated rings. The summed E-state index contributed by atoms with van der Waals surface area (Å²) in [5.41, 5.74) is 0.468.